The summed E-state index contributed by atoms with van der Waals surface area (Å²) < 4.78 is 4.99. The van der Waals surface area contributed by atoms with Crippen LogP contribution in [0.5, 0.6) is 0 Å². The van der Waals surface area contributed by atoms with E-state index in [2.05, 4.69) is 16.0 Å². The van der Waals surface area contributed by atoms with E-state index in [0.29, 0.717) is 16.8 Å². The highest BCUT2D eigenvalue weighted by Gasteiger charge is 2.14. The van der Waals surface area contributed by atoms with E-state index in [1.54, 1.807) is 47.8 Å². The Morgan fingerprint density at radius 3 is 2.37 bits per heavy atom. The predicted octanol–water partition coefficient (Wildman–Crippen LogP) is 2.75. The molecule has 0 saturated carbocycles. The third-order valence-electron chi connectivity index (χ3n) is 3.64. The van der Waals surface area contributed by atoms with Gasteiger partial charge in [-0.2, -0.15) is 11.3 Å². The second-order valence-electron chi connectivity index (χ2n) is 5.50. The highest BCUT2D eigenvalue weighted by atomic mass is 32.1. The van der Waals surface area contributed by atoms with E-state index < -0.39 is 0 Å². The molecule has 3 N–H and O–H groups in total. The summed E-state index contributed by atoms with van der Waals surface area (Å²) in [6.07, 6.45) is 1.41. The summed E-state index contributed by atoms with van der Waals surface area (Å²) in [4.78, 5) is 36.4. The molecule has 0 saturated heterocycles. The third kappa shape index (κ3) is 4.83. The fourth-order valence-electron chi connectivity index (χ4n) is 2.32. The van der Waals surface area contributed by atoms with Crippen LogP contribution >= 0.6 is 11.3 Å². The van der Waals surface area contributed by atoms with Crippen LogP contribution in [0, 0.1) is 0 Å². The van der Waals surface area contributed by atoms with Crippen LogP contribution in [0.4, 0.5) is 5.69 Å². The first kappa shape index (κ1) is 18.4. The molecule has 2 heterocycles. The summed E-state index contributed by atoms with van der Waals surface area (Å²) in [7, 11) is 0. The lowest BCUT2D eigenvalue weighted by atomic mass is 10.1. The van der Waals surface area contributed by atoms with Crippen molar-refractivity contribution in [2.75, 3.05) is 18.4 Å². The topological polar surface area (TPSA) is 100 Å². The van der Waals surface area contributed by atoms with Crippen LogP contribution < -0.4 is 16.0 Å². The van der Waals surface area contributed by atoms with E-state index in [0.717, 1.165) is 0 Å². The van der Waals surface area contributed by atoms with Gasteiger partial charge < -0.3 is 20.4 Å². The normalized spacial score (nSPS) is 10.2. The molecule has 8 heteroatoms. The van der Waals surface area contributed by atoms with Gasteiger partial charge in [-0.25, -0.2) is 0 Å². The average Bonchev–Trinajstić information content (AvgIpc) is 3.39. The Bertz CT molecular complexity index is 920. The van der Waals surface area contributed by atoms with Crippen molar-refractivity contribution in [1.82, 2.24) is 10.6 Å². The quantitative estimate of drug-likeness (QED) is 0.546. The second kappa shape index (κ2) is 8.81. The summed E-state index contributed by atoms with van der Waals surface area (Å²) in [5, 5.41) is 11.6. The van der Waals surface area contributed by atoms with Gasteiger partial charge in [-0.3, -0.25) is 14.4 Å². The van der Waals surface area contributed by atoms with Crippen molar-refractivity contribution in [2.24, 2.45) is 0 Å². The number of para-hydroxylation sites is 1. The van der Waals surface area contributed by atoms with Crippen LogP contribution in [-0.4, -0.2) is 30.8 Å². The number of anilines is 1. The maximum atomic E-state index is 12.4. The molecular formula is C19H17N3O4S. The van der Waals surface area contributed by atoms with E-state index >= 15 is 0 Å². The lowest BCUT2D eigenvalue weighted by Crippen LogP contribution is -2.34. The number of amides is 3. The molecule has 0 aliphatic rings. The van der Waals surface area contributed by atoms with E-state index in [1.165, 1.54) is 17.6 Å². The van der Waals surface area contributed by atoms with Crippen molar-refractivity contribution >= 4 is 34.7 Å². The molecule has 3 amide bonds. The molecule has 0 radical (unpaired) electrons. The second-order valence-corrected chi connectivity index (χ2v) is 6.28. The fraction of sp³-hybridized carbons (Fsp3) is 0.105. The van der Waals surface area contributed by atoms with Crippen LogP contribution in [0.15, 0.2) is 63.9 Å². The van der Waals surface area contributed by atoms with Crippen LogP contribution in [0.2, 0.25) is 0 Å². The van der Waals surface area contributed by atoms with E-state index in [4.69, 9.17) is 4.42 Å². The van der Waals surface area contributed by atoms with Gasteiger partial charge in [0.15, 0.2) is 5.76 Å². The lowest BCUT2D eigenvalue weighted by molar-refractivity contribution is 0.0910. The monoisotopic (exact) mass is 383 g/mol. The number of benzene rings is 1. The van der Waals surface area contributed by atoms with E-state index in [1.807, 2.05) is 5.38 Å². The Labute approximate surface area is 159 Å². The Balaban J connectivity index is 1.54. The van der Waals surface area contributed by atoms with E-state index in [9.17, 15) is 14.4 Å². The van der Waals surface area contributed by atoms with Gasteiger partial charge in [-0.15, -0.1) is 0 Å². The van der Waals surface area contributed by atoms with Gasteiger partial charge in [0.1, 0.15) is 0 Å². The number of nitrogens with one attached hydrogen (secondary N) is 3. The summed E-state index contributed by atoms with van der Waals surface area (Å²) in [5.41, 5.74) is 1.31. The molecule has 3 aromatic rings. The van der Waals surface area contributed by atoms with Crippen molar-refractivity contribution in [3.05, 3.63) is 76.4 Å². The molecule has 138 valence electrons. The first-order chi connectivity index (χ1) is 13.1. The van der Waals surface area contributed by atoms with Crippen molar-refractivity contribution in [3.8, 4) is 0 Å². The molecule has 1 aromatic carbocycles. The molecule has 27 heavy (non-hydrogen) atoms. The summed E-state index contributed by atoms with van der Waals surface area (Å²) in [5.74, 6) is -0.758. The molecule has 0 aliphatic carbocycles. The first-order valence-corrected chi connectivity index (χ1v) is 9.12. The van der Waals surface area contributed by atoms with Crippen molar-refractivity contribution in [1.29, 1.82) is 0 Å². The SMILES string of the molecule is O=C(Nc1ccccc1C(=O)NCCNC(=O)c1ccco1)c1ccsc1. The summed E-state index contributed by atoms with van der Waals surface area (Å²) >= 11 is 1.42. The van der Waals surface area contributed by atoms with Crippen molar-refractivity contribution < 1.29 is 18.8 Å². The Hall–Kier alpha value is -3.39. The zero-order valence-electron chi connectivity index (χ0n) is 14.2. The zero-order valence-corrected chi connectivity index (χ0v) is 15.0. The van der Waals surface area contributed by atoms with Gasteiger partial charge in [0.05, 0.1) is 23.1 Å². The molecule has 7 nitrogen and oxygen atoms in total. The Morgan fingerprint density at radius 1 is 0.889 bits per heavy atom. The average molecular weight is 383 g/mol. The molecular weight excluding hydrogens is 366 g/mol. The van der Waals surface area contributed by atoms with Crippen molar-refractivity contribution in [3.63, 3.8) is 0 Å². The molecule has 0 atom stereocenters. The van der Waals surface area contributed by atoms with Gasteiger partial charge in [0, 0.05) is 18.5 Å². The third-order valence-corrected chi connectivity index (χ3v) is 4.33. The minimum atomic E-state index is -0.349. The van der Waals surface area contributed by atoms with Gasteiger partial charge in [-0.05, 0) is 35.7 Å². The number of furan rings is 1. The lowest BCUT2D eigenvalue weighted by Gasteiger charge is -2.11. The maximum Gasteiger partial charge on any atom is 0.287 e. The highest BCUT2D eigenvalue weighted by molar-refractivity contribution is 7.08. The zero-order chi connectivity index (χ0) is 19.1. The molecule has 0 unspecified atom stereocenters. The first-order valence-electron chi connectivity index (χ1n) is 8.17. The van der Waals surface area contributed by atoms with Crippen LogP contribution in [0.1, 0.15) is 31.3 Å². The number of rotatable bonds is 7. The molecule has 2 aromatic heterocycles. The molecule has 3 rings (SSSR count). The van der Waals surface area contributed by atoms with Gasteiger partial charge in [-0.1, -0.05) is 12.1 Å². The maximum absolute atomic E-state index is 12.4. The van der Waals surface area contributed by atoms with Crippen molar-refractivity contribution in [2.45, 2.75) is 0 Å². The number of hydrogen-bond donors (Lipinski definition) is 3. The summed E-state index contributed by atoms with van der Waals surface area (Å²) in [6, 6.07) is 11.6. The molecule has 0 fully saturated rings. The number of hydrogen-bond acceptors (Lipinski definition) is 5. The Kier molecular flexibility index (Phi) is 6.01. The van der Waals surface area contributed by atoms with Crippen LogP contribution in [-0.2, 0) is 0 Å². The molecule has 0 aliphatic heterocycles. The molecule has 0 spiro atoms. The van der Waals surface area contributed by atoms with Gasteiger partial charge >= 0.3 is 0 Å². The predicted molar refractivity (Wildman–Crippen MR) is 102 cm³/mol. The van der Waals surface area contributed by atoms with Crippen LogP contribution in [0.3, 0.4) is 0 Å². The molecule has 0 bridgehead atoms. The minimum Gasteiger partial charge on any atom is -0.459 e. The van der Waals surface area contributed by atoms with E-state index in [-0.39, 0.29) is 36.6 Å². The van der Waals surface area contributed by atoms with Gasteiger partial charge in [0.2, 0.25) is 0 Å². The number of carbonyl (C=O) groups excluding carboxylic acids is 3. The Morgan fingerprint density at radius 2 is 1.67 bits per heavy atom. The fourth-order valence-corrected chi connectivity index (χ4v) is 2.96. The minimum absolute atomic E-state index is 0.211. The van der Waals surface area contributed by atoms with Crippen LogP contribution in [0.25, 0.3) is 0 Å². The smallest absolute Gasteiger partial charge is 0.287 e. The largest absolute Gasteiger partial charge is 0.459 e. The highest BCUT2D eigenvalue weighted by Crippen LogP contribution is 2.17. The number of carbonyl (C=O) groups is 3. The summed E-state index contributed by atoms with van der Waals surface area (Å²) in [6.45, 7) is 0.479. The standard InChI is InChI=1S/C19H17N3O4S/c23-17(13-7-11-27-12-13)22-15-5-2-1-4-14(15)18(24)20-8-9-21-19(25)16-6-3-10-26-16/h1-7,10-12H,8-9H2,(H,20,24)(H,21,25)(H,22,23). The number of thiophene rings is 1. The van der Waals surface area contributed by atoms with Gasteiger partial charge in [0.25, 0.3) is 17.7 Å².